The zero-order valence-corrected chi connectivity index (χ0v) is 16.4. The van der Waals surface area contributed by atoms with Crippen LogP contribution in [0.3, 0.4) is 0 Å². The molecule has 3 N–H and O–H groups in total. The van der Waals surface area contributed by atoms with Crippen molar-refractivity contribution in [2.24, 2.45) is 0 Å². The molecule has 0 spiro atoms. The molecule has 1 aromatic heterocycles. The molecule has 1 aliphatic carbocycles. The van der Waals surface area contributed by atoms with Gasteiger partial charge in [0.1, 0.15) is 17.3 Å². The predicted octanol–water partition coefficient (Wildman–Crippen LogP) is 2.22. The van der Waals surface area contributed by atoms with E-state index < -0.39 is 46.0 Å². The molecule has 162 valence electrons. The number of hydrogen-bond acceptors (Lipinski definition) is 6. The van der Waals surface area contributed by atoms with E-state index in [4.69, 9.17) is 4.74 Å². The topological polar surface area (TPSA) is 118 Å². The number of aliphatic hydroxyl groups is 1. The van der Waals surface area contributed by atoms with Crippen LogP contribution in [0.4, 0.5) is 19.0 Å². The summed E-state index contributed by atoms with van der Waals surface area (Å²) in [6.45, 7) is 0. The third-order valence-electron chi connectivity index (χ3n) is 4.48. The first-order valence-corrected chi connectivity index (χ1v) is 10.2. The zero-order chi connectivity index (χ0) is 22.1. The van der Waals surface area contributed by atoms with Crippen molar-refractivity contribution in [2.75, 3.05) is 12.4 Å². The van der Waals surface area contributed by atoms with Crippen LogP contribution in [0.1, 0.15) is 35.3 Å². The van der Waals surface area contributed by atoms with Gasteiger partial charge < -0.3 is 15.2 Å². The number of methoxy groups -OCH3 is 1. The molecule has 2 aromatic rings. The molecule has 0 atom stereocenters. The van der Waals surface area contributed by atoms with Gasteiger partial charge in [0, 0.05) is 6.04 Å². The molecule has 0 unspecified atom stereocenters. The maximum Gasteiger partial charge on any atom is 0.283 e. The molecule has 0 saturated heterocycles. The number of aromatic nitrogens is 1. The minimum atomic E-state index is -3.98. The van der Waals surface area contributed by atoms with Crippen molar-refractivity contribution >= 4 is 21.7 Å². The number of alkyl halides is 2. The Labute approximate surface area is 170 Å². The fraction of sp³-hybridized carbons (Fsp3) is 0.333. The van der Waals surface area contributed by atoms with Gasteiger partial charge in [0.15, 0.2) is 5.82 Å². The summed E-state index contributed by atoms with van der Waals surface area (Å²) in [6, 6.07) is 4.87. The van der Waals surface area contributed by atoms with Crippen LogP contribution >= 0.6 is 0 Å². The summed E-state index contributed by atoms with van der Waals surface area (Å²) in [5, 5.41) is 11.5. The minimum absolute atomic E-state index is 0.0294. The Morgan fingerprint density at radius 1 is 1.27 bits per heavy atom. The second-order valence-corrected chi connectivity index (χ2v) is 8.34. The van der Waals surface area contributed by atoms with Crippen molar-refractivity contribution < 1.29 is 36.2 Å². The molecule has 3 rings (SSSR count). The van der Waals surface area contributed by atoms with E-state index in [-0.39, 0.29) is 34.9 Å². The first-order chi connectivity index (χ1) is 14.1. The number of pyridine rings is 1. The first kappa shape index (κ1) is 22.0. The average Bonchev–Trinajstić information content (AvgIpc) is 2.67. The number of nitrogens with one attached hydrogen (secondary N) is 2. The zero-order valence-electron chi connectivity index (χ0n) is 15.6. The molecule has 1 saturated carbocycles. The molecule has 1 aromatic carbocycles. The number of halogens is 3. The van der Waals surface area contributed by atoms with E-state index in [9.17, 15) is 31.5 Å². The van der Waals surface area contributed by atoms with E-state index in [1.54, 1.807) is 0 Å². The Bertz CT molecular complexity index is 1060. The van der Waals surface area contributed by atoms with E-state index in [1.165, 1.54) is 19.2 Å². The number of benzene rings is 1. The highest BCUT2D eigenvalue weighted by atomic mass is 32.2. The van der Waals surface area contributed by atoms with Crippen molar-refractivity contribution in [1.82, 2.24) is 9.71 Å². The average molecular weight is 445 g/mol. The third kappa shape index (κ3) is 4.71. The molecule has 1 fully saturated rings. The summed E-state index contributed by atoms with van der Waals surface area (Å²) in [5.74, 6) is -2.42. The van der Waals surface area contributed by atoms with Gasteiger partial charge in [0.2, 0.25) is 10.0 Å². The highest BCUT2D eigenvalue weighted by Gasteiger charge is 2.32. The van der Waals surface area contributed by atoms with Crippen LogP contribution in [0.2, 0.25) is 0 Å². The molecule has 30 heavy (non-hydrogen) atoms. The predicted molar refractivity (Wildman–Crippen MR) is 99.4 cm³/mol. The van der Waals surface area contributed by atoms with Gasteiger partial charge in [0.25, 0.3) is 12.3 Å². The fourth-order valence-corrected chi connectivity index (χ4v) is 4.15. The van der Waals surface area contributed by atoms with Crippen molar-refractivity contribution in [3.05, 3.63) is 47.4 Å². The Hall–Kier alpha value is -2.70. The number of aliphatic hydroxyl groups excluding tert-OH is 1. The monoisotopic (exact) mass is 445 g/mol. The van der Waals surface area contributed by atoms with E-state index in [2.05, 4.69) is 15.0 Å². The van der Waals surface area contributed by atoms with Crippen LogP contribution in [0.15, 0.2) is 35.2 Å². The summed E-state index contributed by atoms with van der Waals surface area (Å²) in [5.41, 5.74) is -1.32. The van der Waals surface area contributed by atoms with E-state index in [1.807, 2.05) is 0 Å². The van der Waals surface area contributed by atoms with E-state index >= 15 is 0 Å². The lowest BCUT2D eigenvalue weighted by molar-refractivity contribution is 0.0712. The highest BCUT2D eigenvalue weighted by molar-refractivity contribution is 7.89. The van der Waals surface area contributed by atoms with E-state index in [0.717, 1.165) is 18.2 Å². The molecule has 1 heterocycles. The van der Waals surface area contributed by atoms with Gasteiger partial charge in [-0.3, -0.25) is 4.79 Å². The maximum absolute atomic E-state index is 13.4. The number of sulfonamides is 1. The maximum atomic E-state index is 13.4. The van der Waals surface area contributed by atoms with Gasteiger partial charge >= 0.3 is 0 Å². The summed E-state index contributed by atoms with van der Waals surface area (Å²) < 4.78 is 71.5. The third-order valence-corrected chi connectivity index (χ3v) is 6.00. The number of rotatable bonds is 7. The standard InChI is InChI=1S/C18H18F3N3O5S/c1-29-14-4-2-11(30(27,28)24-9-6-10(25)7-9)8-12(14)18(26)23-15-5-3-13(19)16(22-15)17(20)21/h2-5,8-10,17,24-25H,6-7H2,1H3,(H,22,23,26). The Morgan fingerprint density at radius 2 is 1.97 bits per heavy atom. The van der Waals surface area contributed by atoms with Gasteiger partial charge in [-0.15, -0.1) is 0 Å². The fourth-order valence-electron chi connectivity index (χ4n) is 2.87. The Morgan fingerprint density at radius 3 is 2.57 bits per heavy atom. The van der Waals surface area contributed by atoms with Crippen LogP contribution in [-0.4, -0.2) is 43.7 Å². The van der Waals surface area contributed by atoms with Gasteiger partial charge in [-0.05, 0) is 43.2 Å². The summed E-state index contributed by atoms with van der Waals surface area (Å²) in [4.78, 5) is 15.8. The van der Waals surface area contributed by atoms with Crippen molar-refractivity contribution in [3.63, 3.8) is 0 Å². The lowest BCUT2D eigenvalue weighted by Gasteiger charge is -2.31. The second-order valence-electron chi connectivity index (χ2n) is 6.62. The molecule has 12 heteroatoms. The first-order valence-electron chi connectivity index (χ1n) is 8.75. The normalized spacial score (nSPS) is 18.7. The number of carbonyl (C=O) groups excluding carboxylic acids is 1. The lowest BCUT2D eigenvalue weighted by atomic mass is 9.91. The second kappa shape index (κ2) is 8.58. The molecule has 0 radical (unpaired) electrons. The smallest absolute Gasteiger partial charge is 0.283 e. The molecule has 8 nitrogen and oxygen atoms in total. The van der Waals surface area contributed by atoms with Gasteiger partial charge in [-0.2, -0.15) is 0 Å². The van der Waals surface area contributed by atoms with Crippen molar-refractivity contribution in [1.29, 1.82) is 0 Å². The van der Waals surface area contributed by atoms with Gasteiger partial charge in [-0.25, -0.2) is 31.3 Å². The number of anilines is 1. The van der Waals surface area contributed by atoms with E-state index in [0.29, 0.717) is 0 Å². The van der Waals surface area contributed by atoms with Crippen molar-refractivity contribution in [3.8, 4) is 5.75 Å². The van der Waals surface area contributed by atoms with Gasteiger partial charge in [-0.1, -0.05) is 0 Å². The Kier molecular flexibility index (Phi) is 6.29. The number of hydrogen-bond donors (Lipinski definition) is 3. The summed E-state index contributed by atoms with van der Waals surface area (Å²) in [7, 11) is -2.72. The van der Waals surface area contributed by atoms with Crippen LogP contribution < -0.4 is 14.8 Å². The molecular weight excluding hydrogens is 427 g/mol. The quantitative estimate of drug-likeness (QED) is 0.602. The largest absolute Gasteiger partial charge is 0.496 e. The van der Waals surface area contributed by atoms with Gasteiger partial charge in [0.05, 0.1) is 23.7 Å². The SMILES string of the molecule is COc1ccc(S(=O)(=O)NC2CC(O)C2)cc1C(=O)Nc1ccc(F)c(C(F)F)n1. The minimum Gasteiger partial charge on any atom is -0.496 e. The van der Waals surface area contributed by atoms with Crippen LogP contribution in [0, 0.1) is 5.82 Å². The molecule has 1 aliphatic rings. The van der Waals surface area contributed by atoms with Crippen LogP contribution in [-0.2, 0) is 10.0 Å². The highest BCUT2D eigenvalue weighted by Crippen LogP contribution is 2.27. The molecule has 0 aliphatic heterocycles. The number of ether oxygens (including phenoxy) is 1. The molecular formula is C18H18F3N3O5S. The Balaban J connectivity index is 1.86. The summed E-state index contributed by atoms with van der Waals surface area (Å²) in [6.07, 6.45) is -3.17. The number of amides is 1. The van der Waals surface area contributed by atoms with Crippen LogP contribution in [0.25, 0.3) is 0 Å². The summed E-state index contributed by atoms with van der Waals surface area (Å²) >= 11 is 0. The number of nitrogens with zero attached hydrogens (tertiary/aromatic N) is 1. The molecule has 0 bridgehead atoms. The van der Waals surface area contributed by atoms with Crippen LogP contribution in [0.5, 0.6) is 5.75 Å². The molecule has 1 amide bonds. The van der Waals surface area contributed by atoms with Crippen molar-refractivity contribution in [2.45, 2.75) is 36.3 Å². The lowest BCUT2D eigenvalue weighted by Crippen LogP contribution is -2.46. The number of carbonyl (C=O) groups is 1.